The molecule has 0 saturated carbocycles. The molecule has 194 valence electrons. The Morgan fingerprint density at radius 3 is 2.21 bits per heavy atom. The van der Waals surface area contributed by atoms with Gasteiger partial charge in [0.1, 0.15) is 5.75 Å². The monoisotopic (exact) mass is 592 g/mol. The quantitative estimate of drug-likeness (QED) is 0.190. The van der Waals surface area contributed by atoms with Crippen LogP contribution >= 0.6 is 23.2 Å². The number of para-hydroxylation sites is 1. The van der Waals surface area contributed by atoms with E-state index in [9.17, 15) is 0 Å². The summed E-state index contributed by atoms with van der Waals surface area (Å²) in [6.45, 7) is 4.58. The molecule has 5 heteroatoms. The molecule has 0 saturated heterocycles. The standard InChI is InChI=1S/C34H30BrN2OP/c1-34(2)30-17-9-10-18-31(30)37(3)33(34)24-39(28-14-5-4-6-15-28,36-27-22-20-26(35)21-23-27)38-32-19-11-13-25-12-7-8-16-29(25)32/h4-24H,1-3H3. The van der Waals surface area contributed by atoms with Crippen LogP contribution in [-0.2, 0) is 5.41 Å². The van der Waals surface area contributed by atoms with Gasteiger partial charge in [-0.25, -0.2) is 4.74 Å². The minimum atomic E-state index is -2.80. The molecule has 0 N–H and O–H groups in total. The van der Waals surface area contributed by atoms with Crippen molar-refractivity contribution in [2.75, 3.05) is 11.9 Å². The van der Waals surface area contributed by atoms with Gasteiger partial charge in [0.05, 0.1) is 5.69 Å². The van der Waals surface area contributed by atoms with E-state index in [-0.39, 0.29) is 5.41 Å². The first kappa shape index (κ1) is 25.7. The topological polar surface area (TPSA) is 24.8 Å². The van der Waals surface area contributed by atoms with Crippen molar-refractivity contribution in [2.45, 2.75) is 19.3 Å². The number of benzene rings is 5. The van der Waals surface area contributed by atoms with E-state index in [1.165, 1.54) is 16.9 Å². The maximum absolute atomic E-state index is 7.27. The smallest absolute Gasteiger partial charge is 0.191 e. The number of fused-ring (bicyclic) bond motifs is 2. The lowest BCUT2D eigenvalue weighted by Gasteiger charge is -2.30. The number of allylic oxidation sites excluding steroid dienone is 1. The fourth-order valence-corrected chi connectivity index (χ4v) is 8.55. The van der Waals surface area contributed by atoms with Crippen LogP contribution < -0.4 is 14.7 Å². The third kappa shape index (κ3) is 4.73. The molecule has 0 bridgehead atoms. The largest absolute Gasteiger partial charge is 0.452 e. The molecule has 1 aliphatic rings. The Kier molecular flexibility index (Phi) is 6.71. The van der Waals surface area contributed by atoms with Gasteiger partial charge in [-0.15, -0.1) is 0 Å². The van der Waals surface area contributed by atoms with Gasteiger partial charge in [0.15, 0.2) is 7.28 Å². The molecule has 0 aliphatic carbocycles. The Labute approximate surface area is 239 Å². The molecule has 3 nitrogen and oxygen atoms in total. The number of nitrogens with zero attached hydrogens (tertiary/aromatic N) is 2. The van der Waals surface area contributed by atoms with E-state index in [1.54, 1.807) is 0 Å². The third-order valence-corrected chi connectivity index (χ3v) is 10.6. The molecule has 1 aliphatic heterocycles. The number of rotatable bonds is 5. The third-order valence-electron chi connectivity index (χ3n) is 7.44. The zero-order chi connectivity index (χ0) is 27.0. The summed E-state index contributed by atoms with van der Waals surface area (Å²) in [5, 5.41) is 3.28. The molecular weight excluding hydrogens is 563 g/mol. The summed E-state index contributed by atoms with van der Waals surface area (Å²) in [4.78, 5) is 2.30. The molecule has 0 radical (unpaired) electrons. The zero-order valence-electron chi connectivity index (χ0n) is 22.3. The first-order valence-corrected chi connectivity index (χ1v) is 15.6. The molecule has 0 aromatic heterocycles. The lowest BCUT2D eigenvalue weighted by Crippen LogP contribution is -2.24. The number of hydrogen-bond donors (Lipinski definition) is 0. The summed E-state index contributed by atoms with van der Waals surface area (Å²) in [5.41, 5.74) is 4.36. The number of hydrogen-bond acceptors (Lipinski definition) is 3. The number of halogens is 1. The summed E-state index contributed by atoms with van der Waals surface area (Å²) < 4.78 is 13.8. The Bertz CT molecular complexity index is 1740. The van der Waals surface area contributed by atoms with Crippen LogP contribution in [0.5, 0.6) is 5.75 Å². The van der Waals surface area contributed by atoms with Gasteiger partial charge >= 0.3 is 0 Å². The average Bonchev–Trinajstić information content (AvgIpc) is 3.15. The van der Waals surface area contributed by atoms with E-state index in [2.05, 4.69) is 139 Å². The molecule has 0 amide bonds. The van der Waals surface area contributed by atoms with Crippen molar-refractivity contribution in [2.24, 2.45) is 4.74 Å². The Balaban J connectivity index is 1.66. The van der Waals surface area contributed by atoms with Gasteiger partial charge in [0.2, 0.25) is 0 Å². The highest BCUT2D eigenvalue weighted by Crippen LogP contribution is 2.59. The van der Waals surface area contributed by atoms with Crippen LogP contribution in [0.1, 0.15) is 19.4 Å². The van der Waals surface area contributed by atoms with E-state index in [4.69, 9.17) is 9.27 Å². The van der Waals surface area contributed by atoms with Crippen molar-refractivity contribution >= 4 is 50.7 Å². The lowest BCUT2D eigenvalue weighted by molar-refractivity contribution is 0.619. The highest BCUT2D eigenvalue weighted by molar-refractivity contribution is 9.10. The van der Waals surface area contributed by atoms with Crippen LogP contribution in [0.15, 0.2) is 142 Å². The van der Waals surface area contributed by atoms with Crippen LogP contribution in [-0.4, -0.2) is 7.05 Å². The number of likely N-dealkylation sites (N-methyl/N-ethyl adjacent to an activating group) is 1. The second-order valence-electron chi connectivity index (χ2n) is 10.3. The Morgan fingerprint density at radius 2 is 1.44 bits per heavy atom. The van der Waals surface area contributed by atoms with Gasteiger partial charge in [0.25, 0.3) is 0 Å². The van der Waals surface area contributed by atoms with Crippen LogP contribution in [0.3, 0.4) is 0 Å². The fourth-order valence-electron chi connectivity index (χ4n) is 5.40. The summed E-state index contributed by atoms with van der Waals surface area (Å²) in [5.74, 6) is 3.16. The van der Waals surface area contributed by atoms with Gasteiger partial charge < -0.3 is 9.42 Å². The zero-order valence-corrected chi connectivity index (χ0v) is 24.7. The average molecular weight is 594 g/mol. The van der Waals surface area contributed by atoms with Crippen LogP contribution in [0.2, 0.25) is 0 Å². The minimum Gasteiger partial charge on any atom is -0.452 e. The SMILES string of the molecule is CN1C(=CP(=Nc2ccc(Br)cc2)(Oc2cccc3ccccc23)c2ccccc2)C(C)(C)c2ccccc21. The van der Waals surface area contributed by atoms with Gasteiger partial charge in [-0.1, -0.05) is 103 Å². The maximum Gasteiger partial charge on any atom is 0.191 e. The van der Waals surface area contributed by atoms with E-state index < -0.39 is 7.28 Å². The van der Waals surface area contributed by atoms with Crippen molar-refractivity contribution in [3.05, 3.63) is 143 Å². The van der Waals surface area contributed by atoms with Gasteiger partial charge in [0, 0.05) is 44.8 Å². The molecule has 1 atom stereocenters. The molecule has 1 heterocycles. The molecule has 1 unspecified atom stereocenters. The normalized spacial score (nSPS) is 16.6. The first-order chi connectivity index (χ1) is 18.9. The molecule has 5 aromatic carbocycles. The Morgan fingerprint density at radius 1 is 0.769 bits per heavy atom. The first-order valence-electron chi connectivity index (χ1n) is 13.0. The molecular formula is C34H30BrN2OP. The van der Waals surface area contributed by atoms with Crippen molar-refractivity contribution in [3.63, 3.8) is 0 Å². The van der Waals surface area contributed by atoms with Crippen molar-refractivity contribution in [1.82, 2.24) is 0 Å². The lowest BCUT2D eigenvalue weighted by atomic mass is 9.84. The second-order valence-corrected chi connectivity index (χ2v) is 13.6. The van der Waals surface area contributed by atoms with Gasteiger partial charge in [-0.05, 0) is 59.5 Å². The summed E-state index contributed by atoms with van der Waals surface area (Å²) >= 11 is 3.58. The molecule has 39 heavy (non-hydrogen) atoms. The van der Waals surface area contributed by atoms with Crippen molar-refractivity contribution in [1.29, 1.82) is 0 Å². The predicted molar refractivity (Wildman–Crippen MR) is 170 cm³/mol. The van der Waals surface area contributed by atoms with E-state index in [0.29, 0.717) is 0 Å². The highest BCUT2D eigenvalue weighted by Gasteiger charge is 2.40. The second kappa shape index (κ2) is 10.2. The molecule has 5 aromatic rings. The van der Waals surface area contributed by atoms with E-state index in [1.807, 2.05) is 30.3 Å². The van der Waals surface area contributed by atoms with Crippen LogP contribution in [0.4, 0.5) is 11.4 Å². The number of anilines is 1. The molecule has 6 rings (SSSR count). The van der Waals surface area contributed by atoms with Crippen molar-refractivity contribution < 1.29 is 4.52 Å². The minimum absolute atomic E-state index is 0.220. The predicted octanol–water partition coefficient (Wildman–Crippen LogP) is 10.0. The maximum atomic E-state index is 7.27. The molecule has 0 fully saturated rings. The van der Waals surface area contributed by atoms with Gasteiger partial charge in [-0.3, -0.25) is 0 Å². The molecule has 0 spiro atoms. The summed E-state index contributed by atoms with van der Waals surface area (Å²) in [7, 11) is -0.651. The van der Waals surface area contributed by atoms with Crippen LogP contribution in [0.25, 0.3) is 10.8 Å². The Hall–Kier alpha value is -3.59. The van der Waals surface area contributed by atoms with Gasteiger partial charge in [-0.2, -0.15) is 0 Å². The summed E-state index contributed by atoms with van der Waals surface area (Å²) in [6, 6.07) is 41.9. The van der Waals surface area contributed by atoms with E-state index in [0.717, 1.165) is 32.0 Å². The van der Waals surface area contributed by atoms with Crippen LogP contribution in [0, 0.1) is 0 Å². The fraction of sp³-hybridized carbons (Fsp3) is 0.118. The summed E-state index contributed by atoms with van der Waals surface area (Å²) in [6.07, 6.45) is 0. The highest BCUT2D eigenvalue weighted by atomic mass is 79.9. The van der Waals surface area contributed by atoms with E-state index >= 15 is 0 Å². The van der Waals surface area contributed by atoms with Crippen molar-refractivity contribution in [3.8, 4) is 5.75 Å².